The van der Waals surface area contributed by atoms with Crippen LogP contribution in [-0.4, -0.2) is 11.7 Å². The van der Waals surface area contributed by atoms with Crippen LogP contribution in [0.25, 0.3) is 0 Å². The minimum absolute atomic E-state index is 0.0903. The van der Waals surface area contributed by atoms with Gasteiger partial charge in [-0.1, -0.05) is 29.8 Å². The molecule has 0 heterocycles. The van der Waals surface area contributed by atoms with E-state index < -0.39 is 0 Å². The number of ether oxygens (including phenoxy) is 1. The lowest BCUT2D eigenvalue weighted by atomic mass is 10.1. The number of hydrogen-bond donors (Lipinski definition) is 1. The van der Waals surface area contributed by atoms with Crippen LogP contribution in [0.4, 0.5) is 5.69 Å². The van der Waals surface area contributed by atoms with Crippen molar-refractivity contribution in [3.8, 4) is 11.5 Å². The molecule has 0 bridgehead atoms. The number of benzene rings is 3. The Kier molecular flexibility index (Phi) is 6.23. The summed E-state index contributed by atoms with van der Waals surface area (Å²) in [5, 5.41) is 3.34. The number of carbonyl (C=O) groups is 2. The third-order valence-corrected chi connectivity index (χ3v) is 4.11. The van der Waals surface area contributed by atoms with Gasteiger partial charge in [0, 0.05) is 29.1 Å². The third kappa shape index (κ3) is 5.69. The van der Waals surface area contributed by atoms with Crippen molar-refractivity contribution in [2.45, 2.75) is 12.8 Å². The van der Waals surface area contributed by atoms with Gasteiger partial charge in [-0.05, 0) is 60.7 Å². The van der Waals surface area contributed by atoms with Gasteiger partial charge in [-0.2, -0.15) is 0 Å². The molecule has 0 saturated heterocycles. The van der Waals surface area contributed by atoms with E-state index in [0.717, 1.165) is 5.75 Å². The van der Waals surface area contributed by atoms with Gasteiger partial charge < -0.3 is 10.1 Å². The van der Waals surface area contributed by atoms with Crippen molar-refractivity contribution in [3.05, 3.63) is 89.4 Å². The number of anilines is 1. The summed E-state index contributed by atoms with van der Waals surface area (Å²) in [6.07, 6.45) is 0.252. The second kappa shape index (κ2) is 9.01. The highest BCUT2D eigenvalue weighted by molar-refractivity contribution is 6.30. The first kappa shape index (κ1) is 18.7. The van der Waals surface area contributed by atoms with E-state index in [1.807, 2.05) is 30.3 Å². The Hall–Kier alpha value is -3.11. The molecular weight excluding hydrogens is 362 g/mol. The van der Waals surface area contributed by atoms with Crippen LogP contribution < -0.4 is 10.1 Å². The van der Waals surface area contributed by atoms with Crippen LogP contribution in [-0.2, 0) is 4.79 Å². The smallest absolute Gasteiger partial charge is 0.224 e. The topological polar surface area (TPSA) is 55.4 Å². The van der Waals surface area contributed by atoms with Crippen molar-refractivity contribution in [3.63, 3.8) is 0 Å². The lowest BCUT2D eigenvalue weighted by Gasteiger charge is -2.07. The van der Waals surface area contributed by atoms with Crippen molar-refractivity contribution in [2.24, 2.45) is 0 Å². The van der Waals surface area contributed by atoms with Crippen LogP contribution in [0.1, 0.15) is 23.2 Å². The van der Waals surface area contributed by atoms with Gasteiger partial charge in [-0.25, -0.2) is 0 Å². The van der Waals surface area contributed by atoms with E-state index in [2.05, 4.69) is 5.32 Å². The van der Waals surface area contributed by atoms with Gasteiger partial charge in [0.2, 0.25) is 5.91 Å². The van der Waals surface area contributed by atoms with Crippen molar-refractivity contribution in [1.82, 2.24) is 0 Å². The maximum absolute atomic E-state index is 12.3. The minimum Gasteiger partial charge on any atom is -0.457 e. The molecule has 0 aromatic heterocycles. The Balaban J connectivity index is 1.50. The molecule has 4 nitrogen and oxygen atoms in total. The Morgan fingerprint density at radius 3 is 2.07 bits per heavy atom. The molecule has 0 aliphatic heterocycles. The number of amides is 1. The van der Waals surface area contributed by atoms with Crippen LogP contribution in [0.3, 0.4) is 0 Å². The molecule has 1 amide bonds. The number of nitrogens with one attached hydrogen (secondary N) is 1. The number of carbonyl (C=O) groups excluding carboxylic acids is 2. The highest BCUT2D eigenvalue weighted by Gasteiger charge is 2.10. The van der Waals surface area contributed by atoms with Gasteiger partial charge in [0.25, 0.3) is 0 Å². The Morgan fingerprint density at radius 2 is 1.41 bits per heavy atom. The second-order valence-corrected chi connectivity index (χ2v) is 6.35. The average molecular weight is 380 g/mol. The standard InChI is InChI=1S/C22H18ClNO3/c23-17-8-10-18(11-9-17)24-22(26)15-14-21(25)16-6-12-20(13-7-16)27-19-4-2-1-3-5-19/h1-13H,14-15H2,(H,24,26). The number of hydrogen-bond acceptors (Lipinski definition) is 3. The molecule has 136 valence electrons. The van der Waals surface area contributed by atoms with Crippen molar-refractivity contribution in [1.29, 1.82) is 0 Å². The summed E-state index contributed by atoms with van der Waals surface area (Å²) < 4.78 is 5.70. The average Bonchev–Trinajstić information content (AvgIpc) is 2.69. The van der Waals surface area contributed by atoms with Crippen molar-refractivity contribution in [2.75, 3.05) is 5.32 Å². The molecule has 27 heavy (non-hydrogen) atoms. The van der Waals surface area contributed by atoms with Crippen molar-refractivity contribution < 1.29 is 14.3 Å². The molecule has 0 spiro atoms. The SMILES string of the molecule is O=C(CCC(=O)c1ccc(Oc2ccccc2)cc1)Nc1ccc(Cl)cc1. The predicted molar refractivity (Wildman–Crippen MR) is 107 cm³/mol. The van der Waals surface area contributed by atoms with E-state index in [1.54, 1.807) is 48.5 Å². The zero-order valence-corrected chi connectivity index (χ0v) is 15.3. The maximum Gasteiger partial charge on any atom is 0.224 e. The Morgan fingerprint density at radius 1 is 0.778 bits per heavy atom. The van der Waals surface area contributed by atoms with Crippen LogP contribution in [0.5, 0.6) is 11.5 Å². The van der Waals surface area contributed by atoms with E-state index in [-0.39, 0.29) is 24.5 Å². The molecule has 3 rings (SSSR count). The van der Waals surface area contributed by atoms with Gasteiger partial charge in [0.1, 0.15) is 11.5 Å². The first-order chi connectivity index (χ1) is 13.1. The highest BCUT2D eigenvalue weighted by atomic mass is 35.5. The second-order valence-electron chi connectivity index (χ2n) is 5.92. The molecule has 3 aromatic rings. The predicted octanol–water partition coefficient (Wildman–Crippen LogP) is 5.73. The quantitative estimate of drug-likeness (QED) is 0.533. The zero-order valence-electron chi connectivity index (χ0n) is 14.5. The minimum atomic E-state index is -0.213. The fraction of sp³-hybridized carbons (Fsp3) is 0.0909. The number of Topliss-reactive ketones (excluding diaryl/α,β-unsaturated/α-hetero) is 1. The summed E-state index contributed by atoms with van der Waals surface area (Å²) in [5.41, 5.74) is 1.20. The first-order valence-corrected chi connectivity index (χ1v) is 8.89. The molecule has 0 atom stereocenters. The van der Waals surface area contributed by atoms with E-state index in [0.29, 0.717) is 22.0 Å². The molecule has 0 unspecified atom stereocenters. The summed E-state index contributed by atoms with van der Waals surface area (Å²) in [4.78, 5) is 24.3. The Bertz CT molecular complexity index is 907. The van der Waals surface area contributed by atoms with E-state index in [9.17, 15) is 9.59 Å². The van der Waals surface area contributed by atoms with Crippen LogP contribution >= 0.6 is 11.6 Å². The molecule has 0 radical (unpaired) electrons. The van der Waals surface area contributed by atoms with E-state index in [1.165, 1.54) is 0 Å². The molecule has 1 N–H and O–H groups in total. The number of ketones is 1. The highest BCUT2D eigenvalue weighted by Crippen LogP contribution is 2.21. The lowest BCUT2D eigenvalue weighted by molar-refractivity contribution is -0.116. The third-order valence-electron chi connectivity index (χ3n) is 3.86. The summed E-state index contributed by atoms with van der Waals surface area (Å²) >= 11 is 5.81. The normalized spacial score (nSPS) is 10.3. The molecule has 0 aliphatic rings. The summed E-state index contributed by atoms with van der Waals surface area (Å²) in [6.45, 7) is 0. The molecule has 5 heteroatoms. The van der Waals surface area contributed by atoms with E-state index in [4.69, 9.17) is 16.3 Å². The fourth-order valence-electron chi connectivity index (χ4n) is 2.46. The largest absolute Gasteiger partial charge is 0.457 e. The Labute approximate surface area is 162 Å². The zero-order chi connectivity index (χ0) is 19.1. The van der Waals surface area contributed by atoms with Gasteiger partial charge in [-0.3, -0.25) is 9.59 Å². The van der Waals surface area contributed by atoms with Gasteiger partial charge in [0.15, 0.2) is 5.78 Å². The molecule has 0 fully saturated rings. The fourth-order valence-corrected chi connectivity index (χ4v) is 2.59. The van der Waals surface area contributed by atoms with Gasteiger partial charge in [0.05, 0.1) is 0 Å². The van der Waals surface area contributed by atoms with Crippen LogP contribution in [0, 0.1) is 0 Å². The number of halogens is 1. The number of rotatable bonds is 7. The van der Waals surface area contributed by atoms with Crippen LogP contribution in [0.2, 0.25) is 5.02 Å². The maximum atomic E-state index is 12.3. The van der Waals surface area contributed by atoms with Crippen LogP contribution in [0.15, 0.2) is 78.9 Å². The summed E-state index contributed by atoms with van der Waals surface area (Å²) in [5.74, 6) is 1.08. The van der Waals surface area contributed by atoms with E-state index >= 15 is 0 Å². The van der Waals surface area contributed by atoms with Gasteiger partial charge >= 0.3 is 0 Å². The summed E-state index contributed by atoms with van der Waals surface area (Å²) in [7, 11) is 0. The first-order valence-electron chi connectivity index (χ1n) is 8.52. The summed E-state index contributed by atoms with van der Waals surface area (Å²) in [6, 6.07) is 23.1. The molecule has 0 saturated carbocycles. The molecular formula is C22H18ClNO3. The number of para-hydroxylation sites is 1. The van der Waals surface area contributed by atoms with Crippen molar-refractivity contribution >= 4 is 29.0 Å². The van der Waals surface area contributed by atoms with Gasteiger partial charge in [-0.15, -0.1) is 0 Å². The molecule has 3 aromatic carbocycles. The monoisotopic (exact) mass is 379 g/mol. The lowest BCUT2D eigenvalue weighted by Crippen LogP contribution is -2.13. The molecule has 0 aliphatic carbocycles.